The van der Waals surface area contributed by atoms with Crippen molar-refractivity contribution in [1.29, 1.82) is 0 Å². The predicted molar refractivity (Wildman–Crippen MR) is 57.2 cm³/mol. The first-order valence-electron chi connectivity index (χ1n) is 5.63. The van der Waals surface area contributed by atoms with Crippen molar-refractivity contribution in [2.24, 2.45) is 0 Å². The molecule has 0 radical (unpaired) electrons. The third-order valence-corrected chi connectivity index (χ3v) is 3.50. The standard InChI is InChI=1S/C10H16N2O5/c1-16-9(13)8-3-2-4-11(8)10(5-12(14)15)6-17-7-10/h8H,2-7H2,1H3/t8-/m0/s1. The highest BCUT2D eigenvalue weighted by atomic mass is 16.6. The Balaban J connectivity index is 2.13. The van der Waals surface area contributed by atoms with E-state index < -0.39 is 5.54 Å². The largest absolute Gasteiger partial charge is 0.468 e. The Bertz CT molecular complexity index is 329. The van der Waals surface area contributed by atoms with Gasteiger partial charge in [0.2, 0.25) is 6.54 Å². The molecule has 0 N–H and O–H groups in total. The number of methoxy groups -OCH3 is 1. The molecule has 0 bridgehead atoms. The lowest BCUT2D eigenvalue weighted by Crippen LogP contribution is -2.67. The summed E-state index contributed by atoms with van der Waals surface area (Å²) >= 11 is 0. The first-order chi connectivity index (χ1) is 8.09. The molecule has 0 unspecified atom stereocenters. The number of nitro groups is 1. The highest BCUT2D eigenvalue weighted by molar-refractivity contribution is 5.76. The lowest BCUT2D eigenvalue weighted by Gasteiger charge is -2.46. The number of esters is 1. The van der Waals surface area contributed by atoms with Crippen LogP contribution in [-0.2, 0) is 14.3 Å². The molecule has 0 saturated carbocycles. The minimum atomic E-state index is -0.612. The van der Waals surface area contributed by atoms with Gasteiger partial charge in [-0.05, 0) is 12.8 Å². The molecule has 0 aromatic heterocycles. The summed E-state index contributed by atoms with van der Waals surface area (Å²) in [5.74, 6) is -0.308. The Morgan fingerprint density at radius 1 is 1.65 bits per heavy atom. The number of rotatable bonds is 4. The number of carbonyl (C=O) groups excluding carboxylic acids is 1. The van der Waals surface area contributed by atoms with Gasteiger partial charge in [-0.2, -0.15) is 0 Å². The Hall–Kier alpha value is -1.21. The second-order valence-corrected chi connectivity index (χ2v) is 4.58. The molecule has 2 heterocycles. The molecule has 2 fully saturated rings. The maximum atomic E-state index is 11.6. The van der Waals surface area contributed by atoms with E-state index in [9.17, 15) is 14.9 Å². The quantitative estimate of drug-likeness (QED) is 0.382. The van der Waals surface area contributed by atoms with Gasteiger partial charge in [0.1, 0.15) is 11.6 Å². The molecular formula is C10H16N2O5. The van der Waals surface area contributed by atoms with E-state index in [1.165, 1.54) is 7.11 Å². The van der Waals surface area contributed by atoms with E-state index >= 15 is 0 Å². The normalized spacial score (nSPS) is 27.5. The van der Waals surface area contributed by atoms with Crippen LogP contribution in [0.5, 0.6) is 0 Å². The smallest absolute Gasteiger partial charge is 0.323 e. The minimum absolute atomic E-state index is 0.180. The third-order valence-electron chi connectivity index (χ3n) is 3.50. The molecular weight excluding hydrogens is 228 g/mol. The summed E-state index contributed by atoms with van der Waals surface area (Å²) in [6.45, 7) is 1.15. The number of hydrogen-bond acceptors (Lipinski definition) is 6. The molecule has 1 atom stereocenters. The molecule has 0 aromatic rings. The van der Waals surface area contributed by atoms with Gasteiger partial charge in [0, 0.05) is 11.5 Å². The fourth-order valence-electron chi connectivity index (χ4n) is 2.64. The van der Waals surface area contributed by atoms with Crippen molar-refractivity contribution in [3.8, 4) is 0 Å². The average Bonchev–Trinajstić information content (AvgIpc) is 2.71. The number of hydrogen-bond donors (Lipinski definition) is 0. The number of ether oxygens (including phenoxy) is 2. The predicted octanol–water partition coefficient (Wildman–Crippen LogP) is -0.331. The van der Waals surface area contributed by atoms with E-state index in [0.717, 1.165) is 6.42 Å². The second-order valence-electron chi connectivity index (χ2n) is 4.58. The van der Waals surface area contributed by atoms with Gasteiger partial charge in [-0.15, -0.1) is 0 Å². The Morgan fingerprint density at radius 3 is 2.82 bits per heavy atom. The van der Waals surface area contributed by atoms with Crippen LogP contribution in [0.1, 0.15) is 12.8 Å². The molecule has 7 heteroatoms. The number of likely N-dealkylation sites (tertiary alicyclic amines) is 1. The SMILES string of the molecule is COC(=O)[C@@H]1CCCN1C1(C[N+](=O)[O-])COC1. The van der Waals surface area contributed by atoms with Gasteiger partial charge in [-0.1, -0.05) is 0 Å². The van der Waals surface area contributed by atoms with E-state index in [1.807, 2.05) is 4.90 Å². The molecule has 2 aliphatic rings. The van der Waals surface area contributed by atoms with Gasteiger partial charge < -0.3 is 9.47 Å². The van der Waals surface area contributed by atoms with E-state index in [2.05, 4.69) is 0 Å². The Morgan fingerprint density at radius 2 is 2.35 bits per heavy atom. The van der Waals surface area contributed by atoms with Crippen LogP contribution in [0, 0.1) is 10.1 Å². The van der Waals surface area contributed by atoms with Gasteiger partial charge in [-0.3, -0.25) is 19.8 Å². The maximum Gasteiger partial charge on any atom is 0.323 e. The molecule has 0 spiro atoms. The fourth-order valence-corrected chi connectivity index (χ4v) is 2.64. The zero-order valence-corrected chi connectivity index (χ0v) is 9.76. The summed E-state index contributed by atoms with van der Waals surface area (Å²) in [6.07, 6.45) is 1.56. The first kappa shape index (κ1) is 12.3. The fraction of sp³-hybridized carbons (Fsp3) is 0.900. The molecule has 0 aliphatic carbocycles. The minimum Gasteiger partial charge on any atom is -0.468 e. The van der Waals surface area contributed by atoms with Crippen molar-refractivity contribution < 1.29 is 19.2 Å². The average molecular weight is 244 g/mol. The van der Waals surface area contributed by atoms with E-state index in [-0.39, 0.29) is 23.5 Å². The van der Waals surface area contributed by atoms with E-state index in [1.54, 1.807) is 0 Å². The van der Waals surface area contributed by atoms with Crippen molar-refractivity contribution in [2.75, 3.05) is 33.4 Å². The van der Waals surface area contributed by atoms with Crippen LogP contribution in [-0.4, -0.2) is 60.8 Å². The van der Waals surface area contributed by atoms with E-state index in [4.69, 9.17) is 9.47 Å². The highest BCUT2D eigenvalue weighted by Crippen LogP contribution is 2.33. The molecule has 96 valence electrons. The summed E-state index contributed by atoms with van der Waals surface area (Å²) in [5, 5.41) is 10.7. The summed E-state index contributed by atoms with van der Waals surface area (Å²) in [5.41, 5.74) is -0.612. The molecule has 0 aromatic carbocycles. The second kappa shape index (κ2) is 4.58. The monoisotopic (exact) mass is 244 g/mol. The van der Waals surface area contributed by atoms with Crippen LogP contribution in [0.4, 0.5) is 0 Å². The first-order valence-corrected chi connectivity index (χ1v) is 5.63. The summed E-state index contributed by atoms with van der Waals surface area (Å²) in [6, 6.07) is -0.358. The highest BCUT2D eigenvalue weighted by Gasteiger charge is 2.53. The van der Waals surface area contributed by atoms with E-state index in [0.29, 0.717) is 26.2 Å². The van der Waals surface area contributed by atoms with Crippen LogP contribution in [0.3, 0.4) is 0 Å². The Labute approximate surface area is 98.8 Å². The molecule has 7 nitrogen and oxygen atoms in total. The van der Waals surface area contributed by atoms with Gasteiger partial charge in [0.25, 0.3) is 0 Å². The molecule has 0 amide bonds. The molecule has 17 heavy (non-hydrogen) atoms. The van der Waals surface area contributed by atoms with Crippen molar-refractivity contribution in [2.45, 2.75) is 24.4 Å². The van der Waals surface area contributed by atoms with Crippen LogP contribution in [0.2, 0.25) is 0 Å². The lowest BCUT2D eigenvalue weighted by molar-refractivity contribution is -0.505. The summed E-state index contributed by atoms with van der Waals surface area (Å²) in [4.78, 5) is 23.9. The van der Waals surface area contributed by atoms with Crippen LogP contribution in [0.25, 0.3) is 0 Å². The number of nitrogens with zero attached hydrogens (tertiary/aromatic N) is 2. The van der Waals surface area contributed by atoms with Crippen LogP contribution in [0.15, 0.2) is 0 Å². The van der Waals surface area contributed by atoms with Gasteiger partial charge in [-0.25, -0.2) is 0 Å². The van der Waals surface area contributed by atoms with Crippen molar-refractivity contribution in [3.05, 3.63) is 10.1 Å². The van der Waals surface area contributed by atoms with Crippen LogP contribution >= 0.6 is 0 Å². The lowest BCUT2D eigenvalue weighted by atomic mass is 9.94. The molecule has 2 saturated heterocycles. The van der Waals surface area contributed by atoms with Gasteiger partial charge >= 0.3 is 5.97 Å². The molecule has 2 aliphatic heterocycles. The van der Waals surface area contributed by atoms with Crippen LogP contribution < -0.4 is 0 Å². The number of carbonyl (C=O) groups is 1. The Kier molecular flexibility index (Phi) is 3.30. The zero-order chi connectivity index (χ0) is 12.5. The molecule has 2 rings (SSSR count). The van der Waals surface area contributed by atoms with Crippen molar-refractivity contribution in [1.82, 2.24) is 4.90 Å². The maximum absolute atomic E-state index is 11.6. The topological polar surface area (TPSA) is 81.9 Å². The van der Waals surface area contributed by atoms with Crippen molar-refractivity contribution >= 4 is 5.97 Å². The summed E-state index contributed by atoms with van der Waals surface area (Å²) in [7, 11) is 1.34. The third kappa shape index (κ3) is 2.12. The zero-order valence-electron chi connectivity index (χ0n) is 9.76. The summed E-state index contributed by atoms with van der Waals surface area (Å²) < 4.78 is 9.86. The van der Waals surface area contributed by atoms with Gasteiger partial charge in [0.15, 0.2) is 0 Å². The van der Waals surface area contributed by atoms with Crippen molar-refractivity contribution in [3.63, 3.8) is 0 Å². The van der Waals surface area contributed by atoms with Gasteiger partial charge in [0.05, 0.1) is 20.3 Å².